The highest BCUT2D eigenvalue weighted by atomic mass is 32.2. The van der Waals surface area contributed by atoms with Crippen LogP contribution in [0.25, 0.3) is 0 Å². The van der Waals surface area contributed by atoms with E-state index in [9.17, 15) is 8.42 Å². The first kappa shape index (κ1) is 17.3. The van der Waals surface area contributed by atoms with Crippen LogP contribution in [-0.2, 0) is 10.0 Å². The Kier molecular flexibility index (Phi) is 5.65. The number of benzene rings is 1. The molecular formula is C14H17N5O2S2. The third-order valence-electron chi connectivity index (χ3n) is 3.44. The van der Waals surface area contributed by atoms with E-state index in [0.717, 1.165) is 19.3 Å². The molecule has 0 aliphatic carbocycles. The minimum Gasteiger partial charge on any atom is -0.387 e. The summed E-state index contributed by atoms with van der Waals surface area (Å²) in [6, 6.07) is 7.94. The number of anilines is 1. The zero-order valence-electron chi connectivity index (χ0n) is 12.4. The summed E-state index contributed by atoms with van der Waals surface area (Å²) < 4.78 is 26.5. The summed E-state index contributed by atoms with van der Waals surface area (Å²) in [4.78, 5) is 0.132. The van der Waals surface area contributed by atoms with Gasteiger partial charge in [0.1, 0.15) is 11.1 Å². The highest BCUT2D eigenvalue weighted by Crippen LogP contribution is 2.21. The van der Waals surface area contributed by atoms with Gasteiger partial charge in [-0.3, -0.25) is 5.43 Å². The maximum absolute atomic E-state index is 12.5. The van der Waals surface area contributed by atoms with Gasteiger partial charge in [-0.15, -0.1) is 0 Å². The van der Waals surface area contributed by atoms with E-state index in [2.05, 4.69) is 22.7 Å². The van der Waals surface area contributed by atoms with Crippen molar-refractivity contribution in [1.29, 1.82) is 5.26 Å². The number of rotatable bonds is 5. The minimum absolute atomic E-state index is 0.0926. The van der Waals surface area contributed by atoms with Crippen LogP contribution in [0, 0.1) is 11.3 Å². The largest absolute Gasteiger partial charge is 0.387 e. The Morgan fingerprint density at radius 2 is 1.87 bits per heavy atom. The van der Waals surface area contributed by atoms with Crippen LogP contribution >= 0.6 is 12.2 Å². The summed E-state index contributed by atoms with van der Waals surface area (Å²) in [5.74, 6) is 0. The number of piperidine rings is 1. The van der Waals surface area contributed by atoms with Crippen molar-refractivity contribution in [3.63, 3.8) is 0 Å². The molecule has 7 nitrogen and oxygen atoms in total. The van der Waals surface area contributed by atoms with Crippen LogP contribution in [0.4, 0.5) is 5.69 Å². The van der Waals surface area contributed by atoms with Crippen LogP contribution in [0.2, 0.25) is 0 Å². The molecule has 0 unspecified atom stereocenters. The van der Waals surface area contributed by atoms with Crippen molar-refractivity contribution in [2.24, 2.45) is 10.8 Å². The molecule has 1 aromatic carbocycles. The van der Waals surface area contributed by atoms with Crippen LogP contribution < -0.4 is 11.2 Å². The third-order valence-corrected chi connectivity index (χ3v) is 5.55. The predicted molar refractivity (Wildman–Crippen MR) is 92.5 cm³/mol. The van der Waals surface area contributed by atoms with Crippen LogP contribution in [0.5, 0.6) is 0 Å². The summed E-state index contributed by atoms with van der Waals surface area (Å²) in [6.07, 6.45) is 2.85. The van der Waals surface area contributed by atoms with E-state index in [1.165, 1.54) is 16.4 Å². The van der Waals surface area contributed by atoms with E-state index < -0.39 is 10.0 Å². The number of nitrogens with zero attached hydrogens (tertiary/aromatic N) is 3. The lowest BCUT2D eigenvalue weighted by molar-refractivity contribution is 0.346. The number of hydrazone groups is 1. The summed E-state index contributed by atoms with van der Waals surface area (Å²) >= 11 is 4.67. The molecule has 0 radical (unpaired) electrons. The topological polar surface area (TPSA) is 112 Å². The first-order chi connectivity index (χ1) is 10.9. The predicted octanol–water partition coefficient (Wildman–Crippen LogP) is 1.44. The molecule has 122 valence electrons. The molecule has 0 spiro atoms. The van der Waals surface area contributed by atoms with Gasteiger partial charge < -0.3 is 5.73 Å². The number of sulfonamides is 1. The first-order valence-electron chi connectivity index (χ1n) is 7.09. The van der Waals surface area contributed by atoms with Gasteiger partial charge in [0, 0.05) is 13.1 Å². The number of nitrogens with one attached hydrogen (secondary N) is 1. The molecule has 0 aromatic heterocycles. The van der Waals surface area contributed by atoms with Gasteiger partial charge in [0.05, 0.1) is 10.6 Å². The molecule has 23 heavy (non-hydrogen) atoms. The van der Waals surface area contributed by atoms with E-state index in [1.54, 1.807) is 18.2 Å². The number of nitriles is 1. The fourth-order valence-electron chi connectivity index (χ4n) is 2.21. The van der Waals surface area contributed by atoms with E-state index >= 15 is 0 Å². The Balaban J connectivity index is 2.13. The van der Waals surface area contributed by atoms with Crippen molar-refractivity contribution >= 4 is 38.6 Å². The summed E-state index contributed by atoms with van der Waals surface area (Å²) in [5.41, 5.74) is 8.39. The van der Waals surface area contributed by atoms with Crippen molar-refractivity contribution < 1.29 is 8.42 Å². The maximum Gasteiger partial charge on any atom is 0.243 e. The van der Waals surface area contributed by atoms with Crippen LogP contribution in [0.15, 0.2) is 34.3 Å². The molecule has 1 fully saturated rings. The Morgan fingerprint density at radius 3 is 2.39 bits per heavy atom. The molecule has 2 rings (SSSR count). The number of nitrogens with two attached hydrogens (primary N) is 1. The molecule has 3 N–H and O–H groups in total. The van der Waals surface area contributed by atoms with Crippen molar-refractivity contribution in [2.75, 3.05) is 18.5 Å². The van der Waals surface area contributed by atoms with E-state index in [4.69, 9.17) is 11.0 Å². The standard InChI is InChI=1S/C14H17N5O2S2/c15-10-13(14(16)22)18-17-11-4-6-12(7-5-11)23(20,21)19-8-2-1-3-9-19/h4-7,17H,1-3,8-9H2,(H2,16,22)/b18-13+. The second kappa shape index (κ2) is 7.50. The van der Waals surface area contributed by atoms with Gasteiger partial charge >= 0.3 is 0 Å². The lowest BCUT2D eigenvalue weighted by Gasteiger charge is -2.25. The molecule has 0 bridgehead atoms. The molecule has 0 saturated carbocycles. The van der Waals surface area contributed by atoms with Crippen molar-refractivity contribution in [3.8, 4) is 6.07 Å². The summed E-state index contributed by atoms with van der Waals surface area (Å²) in [6.45, 7) is 1.12. The van der Waals surface area contributed by atoms with Gasteiger partial charge in [-0.1, -0.05) is 18.6 Å². The molecule has 1 saturated heterocycles. The highest BCUT2D eigenvalue weighted by Gasteiger charge is 2.25. The Labute approximate surface area is 140 Å². The lowest BCUT2D eigenvalue weighted by atomic mass is 10.2. The van der Waals surface area contributed by atoms with E-state index in [-0.39, 0.29) is 15.6 Å². The van der Waals surface area contributed by atoms with Gasteiger partial charge in [0.15, 0.2) is 5.71 Å². The van der Waals surface area contributed by atoms with Crippen LogP contribution in [0.1, 0.15) is 19.3 Å². The maximum atomic E-state index is 12.5. The van der Waals surface area contributed by atoms with Crippen molar-refractivity contribution in [3.05, 3.63) is 24.3 Å². The van der Waals surface area contributed by atoms with Crippen molar-refractivity contribution in [1.82, 2.24) is 4.31 Å². The zero-order valence-corrected chi connectivity index (χ0v) is 14.0. The lowest BCUT2D eigenvalue weighted by Crippen LogP contribution is -2.35. The number of thiocarbonyl (C=S) groups is 1. The molecule has 1 aliphatic heterocycles. The fraction of sp³-hybridized carbons (Fsp3) is 0.357. The van der Waals surface area contributed by atoms with Gasteiger partial charge in [-0.2, -0.15) is 14.7 Å². The smallest absolute Gasteiger partial charge is 0.243 e. The van der Waals surface area contributed by atoms with Gasteiger partial charge in [0.2, 0.25) is 10.0 Å². The first-order valence-corrected chi connectivity index (χ1v) is 8.94. The van der Waals surface area contributed by atoms with Gasteiger partial charge in [-0.05, 0) is 37.1 Å². The Hall–Kier alpha value is -2.02. The molecule has 1 aliphatic rings. The third kappa shape index (κ3) is 4.25. The van der Waals surface area contributed by atoms with Gasteiger partial charge in [-0.25, -0.2) is 8.42 Å². The SMILES string of the molecule is N#C/C(=N\Nc1ccc(S(=O)(=O)N2CCCCC2)cc1)C(N)=S. The number of hydrogen-bond donors (Lipinski definition) is 2. The molecular weight excluding hydrogens is 334 g/mol. The normalized spacial score (nSPS) is 16.6. The Bertz CT molecular complexity index is 744. The van der Waals surface area contributed by atoms with Gasteiger partial charge in [0.25, 0.3) is 0 Å². The molecule has 1 heterocycles. The van der Waals surface area contributed by atoms with E-state index in [0.29, 0.717) is 18.8 Å². The second-order valence-corrected chi connectivity index (χ2v) is 7.42. The summed E-state index contributed by atoms with van der Waals surface area (Å²) in [5, 5.41) is 12.6. The average Bonchev–Trinajstić information content (AvgIpc) is 2.56. The second-order valence-electron chi connectivity index (χ2n) is 5.04. The monoisotopic (exact) mass is 351 g/mol. The van der Waals surface area contributed by atoms with E-state index in [1.807, 2.05) is 0 Å². The molecule has 9 heteroatoms. The molecule has 0 atom stereocenters. The quantitative estimate of drug-likeness (QED) is 0.472. The number of hydrogen-bond acceptors (Lipinski definition) is 6. The summed E-state index contributed by atoms with van der Waals surface area (Å²) in [7, 11) is -3.45. The average molecular weight is 351 g/mol. The molecule has 1 aromatic rings. The Morgan fingerprint density at radius 1 is 1.26 bits per heavy atom. The highest BCUT2D eigenvalue weighted by molar-refractivity contribution is 7.89. The van der Waals surface area contributed by atoms with Crippen molar-refractivity contribution in [2.45, 2.75) is 24.2 Å². The van der Waals surface area contributed by atoms with Crippen LogP contribution in [-0.4, -0.2) is 36.5 Å². The zero-order chi connectivity index (χ0) is 16.9. The molecule has 0 amide bonds. The fourth-order valence-corrected chi connectivity index (χ4v) is 3.82. The van der Waals surface area contributed by atoms with Crippen LogP contribution in [0.3, 0.4) is 0 Å². The minimum atomic E-state index is -3.45.